The molecule has 0 aliphatic heterocycles. The van der Waals surface area contributed by atoms with Crippen LogP contribution in [0.15, 0.2) is 18.2 Å². The minimum absolute atomic E-state index is 0.134. The molecule has 4 rings (SSSR count). The third-order valence-electron chi connectivity index (χ3n) is 6.89. The molecular weight excluding hydrogens is 288 g/mol. The molecular formula is C20H24O3. The molecule has 0 unspecified atom stereocenters. The highest BCUT2D eigenvalue weighted by atomic mass is 16.5. The predicted molar refractivity (Wildman–Crippen MR) is 87.9 cm³/mol. The van der Waals surface area contributed by atoms with Gasteiger partial charge < -0.3 is 4.74 Å². The zero-order valence-electron chi connectivity index (χ0n) is 13.9. The Morgan fingerprint density at radius 3 is 2.83 bits per heavy atom. The van der Waals surface area contributed by atoms with Crippen molar-refractivity contribution >= 4 is 11.6 Å². The molecule has 0 spiro atoms. The molecule has 0 amide bonds. The summed E-state index contributed by atoms with van der Waals surface area (Å²) >= 11 is 0. The maximum absolute atomic E-state index is 12.7. The minimum atomic E-state index is -0.134. The smallest absolute Gasteiger partial charge is 0.163 e. The first kappa shape index (κ1) is 14.9. The maximum Gasteiger partial charge on any atom is 0.163 e. The maximum atomic E-state index is 12.7. The number of hydrogen-bond donors (Lipinski definition) is 0. The lowest BCUT2D eigenvalue weighted by Crippen LogP contribution is -2.45. The van der Waals surface area contributed by atoms with Crippen LogP contribution in [0.25, 0.3) is 0 Å². The number of Topliss-reactive ketones (excluding diaryl/α,β-unsaturated/α-hetero) is 2. The SMILES string of the molecule is CC[C@]12CC[C@@H]3c4ccc(OC)cc4C(=O)C[C@H]3[C@@H]1CCC2=O. The van der Waals surface area contributed by atoms with E-state index in [1.54, 1.807) is 7.11 Å². The van der Waals surface area contributed by atoms with Crippen LogP contribution in [0.4, 0.5) is 0 Å². The summed E-state index contributed by atoms with van der Waals surface area (Å²) in [5.41, 5.74) is 1.90. The number of carbonyl (C=O) groups excluding carboxylic acids is 2. The van der Waals surface area contributed by atoms with E-state index in [0.29, 0.717) is 36.4 Å². The lowest BCUT2D eigenvalue weighted by Gasteiger charge is -2.49. The Morgan fingerprint density at radius 1 is 1.26 bits per heavy atom. The zero-order chi connectivity index (χ0) is 16.2. The molecule has 3 aliphatic rings. The van der Waals surface area contributed by atoms with Gasteiger partial charge in [-0.3, -0.25) is 9.59 Å². The largest absolute Gasteiger partial charge is 0.497 e. The van der Waals surface area contributed by atoms with E-state index >= 15 is 0 Å². The Bertz CT molecular complexity index is 677. The molecule has 3 heteroatoms. The van der Waals surface area contributed by atoms with Crippen LogP contribution >= 0.6 is 0 Å². The number of carbonyl (C=O) groups is 2. The fourth-order valence-electron chi connectivity index (χ4n) is 5.73. The Morgan fingerprint density at radius 2 is 2.09 bits per heavy atom. The van der Waals surface area contributed by atoms with Crippen molar-refractivity contribution in [3.8, 4) is 5.75 Å². The van der Waals surface area contributed by atoms with Gasteiger partial charge in [-0.25, -0.2) is 0 Å². The number of benzene rings is 1. The zero-order valence-corrected chi connectivity index (χ0v) is 13.9. The Kier molecular flexibility index (Phi) is 3.36. The number of methoxy groups -OCH3 is 1. The standard InChI is InChI=1S/C20H24O3/c1-3-20-9-8-14-13-5-4-12(23-2)10-16(13)18(21)11-15(14)17(20)6-7-19(20)22/h4-5,10,14-15,17H,3,6-9,11H2,1-2H3/t14-,15-,17+,20+/m1/s1. The van der Waals surface area contributed by atoms with Gasteiger partial charge in [0.25, 0.3) is 0 Å². The number of rotatable bonds is 2. The third-order valence-corrected chi connectivity index (χ3v) is 6.89. The molecule has 0 heterocycles. The van der Waals surface area contributed by atoms with E-state index in [1.165, 1.54) is 5.56 Å². The number of ether oxygens (including phenoxy) is 1. The normalized spacial score (nSPS) is 35.5. The summed E-state index contributed by atoms with van der Waals surface area (Å²) in [5.74, 6) is 2.62. The van der Waals surface area contributed by atoms with E-state index in [2.05, 4.69) is 13.0 Å². The number of ketones is 2. The van der Waals surface area contributed by atoms with Crippen molar-refractivity contribution in [2.24, 2.45) is 17.3 Å². The van der Waals surface area contributed by atoms with E-state index in [9.17, 15) is 9.59 Å². The second kappa shape index (κ2) is 5.19. The third kappa shape index (κ3) is 1.95. The Hall–Kier alpha value is -1.64. The summed E-state index contributed by atoms with van der Waals surface area (Å²) in [6.45, 7) is 2.15. The summed E-state index contributed by atoms with van der Waals surface area (Å²) in [6, 6.07) is 5.95. The van der Waals surface area contributed by atoms with Gasteiger partial charge in [0.05, 0.1) is 7.11 Å². The average molecular weight is 312 g/mol. The molecule has 4 atom stereocenters. The van der Waals surface area contributed by atoms with Crippen LogP contribution in [0, 0.1) is 17.3 Å². The van der Waals surface area contributed by atoms with Gasteiger partial charge in [-0.05, 0) is 61.1 Å². The predicted octanol–water partition coefficient (Wildman–Crippen LogP) is 4.15. The van der Waals surface area contributed by atoms with Crippen LogP contribution in [0.1, 0.15) is 67.3 Å². The van der Waals surface area contributed by atoms with E-state index in [4.69, 9.17) is 4.74 Å². The van der Waals surface area contributed by atoms with Crippen molar-refractivity contribution in [3.63, 3.8) is 0 Å². The van der Waals surface area contributed by atoms with Gasteiger partial charge in [-0.15, -0.1) is 0 Å². The highest BCUT2D eigenvalue weighted by Gasteiger charge is 2.57. The van der Waals surface area contributed by atoms with Crippen LogP contribution in [0.5, 0.6) is 5.75 Å². The van der Waals surface area contributed by atoms with Gasteiger partial charge in [-0.1, -0.05) is 13.0 Å². The molecule has 0 bridgehead atoms. The first-order chi connectivity index (χ1) is 11.1. The Labute approximate surface area is 137 Å². The highest BCUT2D eigenvalue weighted by Crippen LogP contribution is 2.60. The number of hydrogen-bond acceptors (Lipinski definition) is 3. The molecule has 0 N–H and O–H groups in total. The van der Waals surface area contributed by atoms with Gasteiger partial charge in [-0.2, -0.15) is 0 Å². The molecule has 23 heavy (non-hydrogen) atoms. The van der Waals surface area contributed by atoms with Gasteiger partial charge in [0, 0.05) is 23.8 Å². The fraction of sp³-hybridized carbons (Fsp3) is 0.600. The average Bonchev–Trinajstić information content (AvgIpc) is 2.92. The minimum Gasteiger partial charge on any atom is -0.497 e. The summed E-state index contributed by atoms with van der Waals surface area (Å²) < 4.78 is 5.28. The van der Waals surface area contributed by atoms with Crippen molar-refractivity contribution in [3.05, 3.63) is 29.3 Å². The van der Waals surface area contributed by atoms with Crippen LogP contribution in [-0.4, -0.2) is 18.7 Å². The van der Waals surface area contributed by atoms with Gasteiger partial charge in [0.1, 0.15) is 11.5 Å². The molecule has 3 nitrogen and oxygen atoms in total. The highest BCUT2D eigenvalue weighted by molar-refractivity contribution is 6.00. The molecule has 3 aliphatic carbocycles. The van der Waals surface area contributed by atoms with Crippen LogP contribution in [-0.2, 0) is 4.79 Å². The number of fused-ring (bicyclic) bond motifs is 5. The van der Waals surface area contributed by atoms with Crippen molar-refractivity contribution in [1.82, 2.24) is 0 Å². The van der Waals surface area contributed by atoms with E-state index < -0.39 is 0 Å². The van der Waals surface area contributed by atoms with Gasteiger partial charge in [0.2, 0.25) is 0 Å². The molecule has 122 valence electrons. The molecule has 2 saturated carbocycles. The van der Waals surface area contributed by atoms with Crippen LogP contribution in [0.2, 0.25) is 0 Å². The van der Waals surface area contributed by atoms with Crippen LogP contribution in [0.3, 0.4) is 0 Å². The lowest BCUT2D eigenvalue weighted by atomic mass is 9.54. The second-order valence-electron chi connectivity index (χ2n) is 7.47. The van der Waals surface area contributed by atoms with Crippen molar-refractivity contribution in [1.29, 1.82) is 0 Å². The lowest BCUT2D eigenvalue weighted by molar-refractivity contribution is -0.130. The molecule has 0 saturated heterocycles. The molecule has 1 aromatic rings. The van der Waals surface area contributed by atoms with E-state index in [1.807, 2.05) is 12.1 Å². The Balaban J connectivity index is 1.76. The first-order valence-electron chi connectivity index (χ1n) is 8.85. The van der Waals surface area contributed by atoms with E-state index in [-0.39, 0.29) is 11.2 Å². The summed E-state index contributed by atoms with van der Waals surface area (Å²) in [6.07, 6.45) is 5.26. The summed E-state index contributed by atoms with van der Waals surface area (Å²) in [4.78, 5) is 25.3. The second-order valence-corrected chi connectivity index (χ2v) is 7.47. The van der Waals surface area contributed by atoms with Crippen molar-refractivity contribution in [2.45, 2.75) is 51.4 Å². The molecule has 2 fully saturated rings. The monoisotopic (exact) mass is 312 g/mol. The summed E-state index contributed by atoms with van der Waals surface area (Å²) in [7, 11) is 1.64. The summed E-state index contributed by atoms with van der Waals surface area (Å²) in [5, 5.41) is 0. The van der Waals surface area contributed by atoms with Crippen molar-refractivity contribution < 1.29 is 14.3 Å². The van der Waals surface area contributed by atoms with Gasteiger partial charge in [0.15, 0.2) is 5.78 Å². The molecule has 0 radical (unpaired) electrons. The topological polar surface area (TPSA) is 43.4 Å². The molecule has 0 aromatic heterocycles. The first-order valence-corrected chi connectivity index (χ1v) is 8.85. The quantitative estimate of drug-likeness (QED) is 0.824. The fourth-order valence-corrected chi connectivity index (χ4v) is 5.73. The van der Waals surface area contributed by atoms with E-state index in [0.717, 1.165) is 37.0 Å². The van der Waals surface area contributed by atoms with Gasteiger partial charge >= 0.3 is 0 Å². The van der Waals surface area contributed by atoms with Crippen molar-refractivity contribution in [2.75, 3.05) is 7.11 Å². The molecule has 1 aromatic carbocycles. The van der Waals surface area contributed by atoms with Crippen LogP contribution < -0.4 is 4.74 Å².